The summed E-state index contributed by atoms with van der Waals surface area (Å²) < 4.78 is 25.4. The van der Waals surface area contributed by atoms with Gasteiger partial charge in [0.25, 0.3) is 5.91 Å². The van der Waals surface area contributed by atoms with Crippen molar-refractivity contribution in [2.45, 2.75) is 6.42 Å². The summed E-state index contributed by atoms with van der Waals surface area (Å²) in [7, 11) is 0. The normalized spacial score (nSPS) is 16.4. The zero-order chi connectivity index (χ0) is 18.6. The summed E-state index contributed by atoms with van der Waals surface area (Å²) in [5.74, 6) is -0.137. The molecule has 3 heterocycles. The van der Waals surface area contributed by atoms with Gasteiger partial charge in [-0.15, -0.1) is 0 Å². The number of carbonyl (C=O) groups is 1. The smallest absolute Gasteiger partial charge is 0.274 e. The number of nitrogens with zero attached hydrogens (tertiary/aromatic N) is 2. The van der Waals surface area contributed by atoms with Gasteiger partial charge in [0.05, 0.1) is 19.4 Å². The molecule has 4 rings (SSSR count). The molecule has 1 N–H and O–H groups in total. The Balaban J connectivity index is 1.56. The van der Waals surface area contributed by atoms with E-state index >= 15 is 0 Å². The third-order valence-electron chi connectivity index (χ3n) is 4.44. The van der Waals surface area contributed by atoms with Gasteiger partial charge in [-0.25, -0.2) is 9.37 Å². The number of carbonyl (C=O) groups excluding carboxylic acids is 1. The number of anilines is 1. The van der Waals surface area contributed by atoms with Gasteiger partial charge >= 0.3 is 0 Å². The molecule has 1 aromatic carbocycles. The highest BCUT2D eigenvalue weighted by Gasteiger charge is 2.18. The maximum absolute atomic E-state index is 14.3. The van der Waals surface area contributed by atoms with Crippen molar-refractivity contribution in [1.82, 2.24) is 9.97 Å². The Morgan fingerprint density at radius 1 is 1.26 bits per heavy atom. The van der Waals surface area contributed by atoms with Crippen LogP contribution in [0, 0.1) is 11.7 Å². The Bertz CT molecular complexity index is 959. The van der Waals surface area contributed by atoms with E-state index in [4.69, 9.17) is 9.47 Å². The van der Waals surface area contributed by atoms with Crippen molar-refractivity contribution < 1.29 is 18.7 Å². The van der Waals surface area contributed by atoms with E-state index in [0.717, 1.165) is 19.2 Å². The lowest BCUT2D eigenvalue weighted by molar-refractivity contribution is 0.102. The lowest BCUT2D eigenvalue weighted by Gasteiger charge is -2.13. The number of pyridine rings is 2. The molecule has 1 amide bonds. The van der Waals surface area contributed by atoms with Crippen LogP contribution in [0.2, 0.25) is 0 Å². The van der Waals surface area contributed by atoms with Crippen molar-refractivity contribution in [1.29, 1.82) is 0 Å². The number of rotatable bonds is 5. The maximum atomic E-state index is 14.3. The molecule has 1 aliphatic heterocycles. The molecule has 1 unspecified atom stereocenters. The molecule has 1 atom stereocenters. The number of amides is 1. The van der Waals surface area contributed by atoms with Gasteiger partial charge in [-0.05, 0) is 36.8 Å². The van der Waals surface area contributed by atoms with Gasteiger partial charge in [-0.1, -0.05) is 6.07 Å². The van der Waals surface area contributed by atoms with E-state index in [1.54, 1.807) is 42.6 Å². The first-order valence-corrected chi connectivity index (χ1v) is 8.72. The fourth-order valence-corrected chi connectivity index (χ4v) is 2.98. The fraction of sp³-hybridized carbons (Fsp3) is 0.250. The highest BCUT2D eigenvalue weighted by molar-refractivity contribution is 6.04. The quantitative estimate of drug-likeness (QED) is 0.748. The van der Waals surface area contributed by atoms with Crippen molar-refractivity contribution in [2.24, 2.45) is 5.92 Å². The number of nitrogens with one attached hydrogen (secondary N) is 1. The second kappa shape index (κ2) is 7.67. The van der Waals surface area contributed by atoms with Crippen LogP contribution in [0.3, 0.4) is 0 Å². The van der Waals surface area contributed by atoms with E-state index < -0.39 is 5.82 Å². The number of benzene rings is 1. The summed E-state index contributed by atoms with van der Waals surface area (Å²) in [4.78, 5) is 20.3. The number of ether oxygens (including phenoxy) is 2. The van der Waals surface area contributed by atoms with Crippen LogP contribution >= 0.6 is 0 Å². The van der Waals surface area contributed by atoms with Crippen LogP contribution in [0.1, 0.15) is 16.9 Å². The molecule has 138 valence electrons. The average molecular weight is 367 g/mol. The monoisotopic (exact) mass is 367 g/mol. The summed E-state index contributed by atoms with van der Waals surface area (Å²) >= 11 is 0. The van der Waals surface area contributed by atoms with Gasteiger partial charge in [0.2, 0.25) is 5.88 Å². The molecule has 2 aromatic heterocycles. The van der Waals surface area contributed by atoms with Gasteiger partial charge in [0, 0.05) is 35.2 Å². The minimum absolute atomic E-state index is 0.288. The minimum atomic E-state index is -0.476. The predicted octanol–water partition coefficient (Wildman–Crippen LogP) is 3.44. The van der Waals surface area contributed by atoms with E-state index in [1.807, 2.05) is 0 Å². The van der Waals surface area contributed by atoms with E-state index in [1.165, 1.54) is 0 Å². The summed E-state index contributed by atoms with van der Waals surface area (Å²) in [6.45, 7) is 1.89. The van der Waals surface area contributed by atoms with Crippen LogP contribution in [-0.2, 0) is 4.74 Å². The van der Waals surface area contributed by atoms with Gasteiger partial charge in [-0.2, -0.15) is 0 Å². The minimum Gasteiger partial charge on any atom is -0.477 e. The summed E-state index contributed by atoms with van der Waals surface area (Å²) in [5.41, 5.74) is 0.758. The van der Waals surface area contributed by atoms with Gasteiger partial charge < -0.3 is 14.8 Å². The second-order valence-electron chi connectivity index (χ2n) is 6.38. The summed E-state index contributed by atoms with van der Waals surface area (Å²) in [6.07, 6.45) is 3.62. The lowest BCUT2D eigenvalue weighted by atomic mass is 10.1. The first kappa shape index (κ1) is 17.4. The maximum Gasteiger partial charge on any atom is 0.274 e. The van der Waals surface area contributed by atoms with Crippen LogP contribution in [0.25, 0.3) is 10.8 Å². The van der Waals surface area contributed by atoms with Crippen LogP contribution in [0.5, 0.6) is 5.88 Å². The third-order valence-corrected chi connectivity index (χ3v) is 4.44. The molecule has 0 spiro atoms. The first-order valence-electron chi connectivity index (χ1n) is 8.72. The Morgan fingerprint density at radius 2 is 2.19 bits per heavy atom. The molecule has 6 nitrogen and oxygen atoms in total. The molecule has 0 aliphatic carbocycles. The number of hydrogen-bond donors (Lipinski definition) is 1. The average Bonchev–Trinajstić information content (AvgIpc) is 3.22. The Kier molecular flexibility index (Phi) is 4.93. The second-order valence-corrected chi connectivity index (χ2v) is 6.38. The number of fused-ring (bicyclic) bond motifs is 1. The van der Waals surface area contributed by atoms with Crippen LogP contribution in [0.15, 0.2) is 48.8 Å². The van der Waals surface area contributed by atoms with Crippen molar-refractivity contribution in [3.05, 3.63) is 60.3 Å². The Labute approximate surface area is 155 Å². The largest absolute Gasteiger partial charge is 0.477 e. The molecule has 1 aliphatic rings. The molecular weight excluding hydrogens is 349 g/mol. The fourth-order valence-electron chi connectivity index (χ4n) is 2.98. The number of hydrogen-bond acceptors (Lipinski definition) is 5. The number of aromatic nitrogens is 2. The highest BCUT2D eigenvalue weighted by Crippen LogP contribution is 2.29. The molecule has 0 bridgehead atoms. The Hall–Kier alpha value is -3.06. The zero-order valence-electron chi connectivity index (χ0n) is 14.5. The highest BCUT2D eigenvalue weighted by atomic mass is 19.1. The van der Waals surface area contributed by atoms with Crippen molar-refractivity contribution in [3.8, 4) is 5.88 Å². The summed E-state index contributed by atoms with van der Waals surface area (Å²) in [5, 5.41) is 3.62. The molecule has 7 heteroatoms. The van der Waals surface area contributed by atoms with Gasteiger partial charge in [0.1, 0.15) is 11.5 Å². The van der Waals surface area contributed by atoms with Crippen LogP contribution in [-0.4, -0.2) is 35.7 Å². The standard InChI is InChI=1S/C20H18FN3O3/c21-17-10-23-20(27-12-13-6-8-26-11-13)15-5-4-14(9-16(15)17)24-19(25)18-3-1-2-7-22-18/h1-5,7,9-10,13H,6,8,11-12H2,(H,24,25). The van der Waals surface area contributed by atoms with E-state index in [9.17, 15) is 9.18 Å². The topological polar surface area (TPSA) is 73.3 Å². The molecule has 0 radical (unpaired) electrons. The van der Waals surface area contributed by atoms with Crippen molar-refractivity contribution >= 4 is 22.4 Å². The van der Waals surface area contributed by atoms with Gasteiger partial charge in [-0.3, -0.25) is 9.78 Å². The SMILES string of the molecule is O=C(Nc1ccc2c(OCC3CCOC3)ncc(F)c2c1)c1ccccn1. The first-order chi connectivity index (χ1) is 13.2. The lowest BCUT2D eigenvalue weighted by Crippen LogP contribution is -2.13. The zero-order valence-corrected chi connectivity index (χ0v) is 14.5. The Morgan fingerprint density at radius 3 is 2.96 bits per heavy atom. The summed E-state index contributed by atoms with van der Waals surface area (Å²) in [6, 6.07) is 10.0. The van der Waals surface area contributed by atoms with Crippen LogP contribution in [0.4, 0.5) is 10.1 Å². The van der Waals surface area contributed by atoms with E-state index in [-0.39, 0.29) is 11.6 Å². The number of halogens is 1. The molecule has 1 saturated heterocycles. The molecule has 1 fully saturated rings. The molecule has 3 aromatic rings. The molecular formula is C20H18FN3O3. The molecule has 27 heavy (non-hydrogen) atoms. The van der Waals surface area contributed by atoms with E-state index in [0.29, 0.717) is 41.5 Å². The van der Waals surface area contributed by atoms with Crippen molar-refractivity contribution in [3.63, 3.8) is 0 Å². The van der Waals surface area contributed by atoms with Crippen molar-refractivity contribution in [2.75, 3.05) is 25.1 Å². The van der Waals surface area contributed by atoms with E-state index in [2.05, 4.69) is 15.3 Å². The molecule has 0 saturated carbocycles. The van der Waals surface area contributed by atoms with Crippen LogP contribution < -0.4 is 10.1 Å². The predicted molar refractivity (Wildman–Crippen MR) is 98.3 cm³/mol. The third kappa shape index (κ3) is 3.88. The van der Waals surface area contributed by atoms with Gasteiger partial charge in [0.15, 0.2) is 0 Å².